The van der Waals surface area contributed by atoms with Gasteiger partial charge in [-0.2, -0.15) is 0 Å². The fraction of sp³-hybridized carbons (Fsp3) is 0.261. The number of halogens is 2. The van der Waals surface area contributed by atoms with E-state index >= 15 is 0 Å². The van der Waals surface area contributed by atoms with Gasteiger partial charge in [0.15, 0.2) is 0 Å². The highest BCUT2D eigenvalue weighted by Crippen LogP contribution is 2.30. The molecule has 4 rings (SSSR count). The Hall–Kier alpha value is -2.28. The second kappa shape index (κ2) is 10.4. The first-order valence-corrected chi connectivity index (χ1v) is 11.9. The molecule has 1 saturated heterocycles. The number of carbonyl (C=O) groups is 1. The van der Waals surface area contributed by atoms with Crippen LogP contribution in [-0.2, 0) is 4.79 Å². The number of hydrogen-bond acceptors (Lipinski definition) is 5. The third kappa shape index (κ3) is 5.70. The van der Waals surface area contributed by atoms with Gasteiger partial charge in [0, 0.05) is 24.3 Å². The monoisotopic (exact) mass is 472 g/mol. The van der Waals surface area contributed by atoms with Crippen molar-refractivity contribution in [3.63, 3.8) is 0 Å². The lowest BCUT2D eigenvalue weighted by atomic mass is 10.1. The predicted octanol–water partition coefficient (Wildman–Crippen LogP) is 6.17. The lowest BCUT2D eigenvalue weighted by Gasteiger charge is -2.28. The molecule has 2 heterocycles. The van der Waals surface area contributed by atoms with Crippen LogP contribution in [0.15, 0.2) is 59.6 Å². The molecule has 2 aromatic carbocycles. The third-order valence-electron chi connectivity index (χ3n) is 5.10. The molecule has 31 heavy (non-hydrogen) atoms. The van der Waals surface area contributed by atoms with Crippen molar-refractivity contribution in [2.45, 2.75) is 24.3 Å². The van der Waals surface area contributed by atoms with E-state index in [1.165, 1.54) is 36.7 Å². The van der Waals surface area contributed by atoms with Gasteiger partial charge < -0.3 is 10.2 Å². The minimum atomic E-state index is -0.187. The van der Waals surface area contributed by atoms with E-state index in [1.807, 2.05) is 12.1 Å². The van der Waals surface area contributed by atoms with Crippen molar-refractivity contribution < 1.29 is 4.79 Å². The van der Waals surface area contributed by atoms with Crippen molar-refractivity contribution in [1.29, 1.82) is 0 Å². The molecule has 0 bridgehead atoms. The molecule has 3 aromatic rings. The van der Waals surface area contributed by atoms with Gasteiger partial charge in [0.2, 0.25) is 5.91 Å². The van der Waals surface area contributed by atoms with E-state index in [9.17, 15) is 4.79 Å². The molecule has 1 aliphatic rings. The van der Waals surface area contributed by atoms with Gasteiger partial charge in [-0.1, -0.05) is 53.2 Å². The summed E-state index contributed by atoms with van der Waals surface area (Å²) in [5.41, 5.74) is 3.59. The molecule has 0 aliphatic carbocycles. The van der Waals surface area contributed by atoms with E-state index in [0.29, 0.717) is 20.8 Å². The molecule has 1 N–H and O–H groups in total. The number of carbonyl (C=O) groups excluding carboxylic acids is 1. The molecule has 8 heteroatoms. The first-order chi connectivity index (χ1) is 15.1. The first-order valence-electron chi connectivity index (χ1n) is 10.2. The molecule has 0 unspecified atom stereocenters. The molecular formula is C23H22Cl2N4OS. The van der Waals surface area contributed by atoms with Crippen molar-refractivity contribution in [3.8, 4) is 11.3 Å². The van der Waals surface area contributed by atoms with Crippen molar-refractivity contribution in [2.24, 2.45) is 0 Å². The van der Waals surface area contributed by atoms with Crippen molar-refractivity contribution >= 4 is 52.2 Å². The summed E-state index contributed by atoms with van der Waals surface area (Å²) in [5.74, 6) is 0.00912. The van der Waals surface area contributed by atoms with Gasteiger partial charge in [-0.05, 0) is 55.7 Å². The second-order valence-electron chi connectivity index (χ2n) is 7.29. The van der Waals surface area contributed by atoms with E-state index in [4.69, 9.17) is 23.2 Å². The van der Waals surface area contributed by atoms with Gasteiger partial charge in [0.25, 0.3) is 0 Å². The number of nitrogens with zero attached hydrogens (tertiary/aromatic N) is 3. The van der Waals surface area contributed by atoms with Crippen LogP contribution in [0.1, 0.15) is 19.3 Å². The van der Waals surface area contributed by atoms with E-state index in [0.717, 1.165) is 24.3 Å². The van der Waals surface area contributed by atoms with Crippen LogP contribution < -0.4 is 10.2 Å². The van der Waals surface area contributed by atoms with Gasteiger partial charge >= 0.3 is 0 Å². The van der Waals surface area contributed by atoms with Crippen LogP contribution in [0.2, 0.25) is 10.0 Å². The van der Waals surface area contributed by atoms with E-state index in [-0.39, 0.29) is 11.7 Å². The SMILES string of the molecule is O=C(CSc1ccc(-c2ccc(N3CCCCC3)cc2)nn1)Nc1cccc(Cl)c1Cl. The van der Waals surface area contributed by atoms with Crippen molar-refractivity contribution in [2.75, 3.05) is 29.1 Å². The van der Waals surface area contributed by atoms with Crippen LogP contribution in [0.25, 0.3) is 11.3 Å². The summed E-state index contributed by atoms with van der Waals surface area (Å²) in [6, 6.07) is 17.4. The molecule has 1 aromatic heterocycles. The molecule has 0 saturated carbocycles. The van der Waals surface area contributed by atoms with E-state index < -0.39 is 0 Å². The highest BCUT2D eigenvalue weighted by molar-refractivity contribution is 7.99. The fourth-order valence-corrected chi connectivity index (χ4v) is 4.43. The van der Waals surface area contributed by atoms with Gasteiger partial charge in [-0.3, -0.25) is 4.79 Å². The molecular weight excluding hydrogens is 451 g/mol. The summed E-state index contributed by atoms with van der Waals surface area (Å²) in [6.07, 6.45) is 3.84. The van der Waals surface area contributed by atoms with Gasteiger partial charge in [0.05, 0.1) is 27.2 Å². The highest BCUT2D eigenvalue weighted by Gasteiger charge is 2.12. The number of anilines is 2. The second-order valence-corrected chi connectivity index (χ2v) is 9.07. The molecule has 1 aliphatic heterocycles. The Bertz CT molecular complexity index is 1040. The smallest absolute Gasteiger partial charge is 0.234 e. The minimum Gasteiger partial charge on any atom is -0.372 e. The highest BCUT2D eigenvalue weighted by atomic mass is 35.5. The number of nitrogens with one attached hydrogen (secondary N) is 1. The van der Waals surface area contributed by atoms with Gasteiger partial charge in [0.1, 0.15) is 5.03 Å². The summed E-state index contributed by atoms with van der Waals surface area (Å²) in [6.45, 7) is 2.25. The van der Waals surface area contributed by atoms with Gasteiger partial charge in [-0.15, -0.1) is 10.2 Å². The molecule has 160 valence electrons. The zero-order valence-corrected chi connectivity index (χ0v) is 19.2. The fourth-order valence-electron chi connectivity index (χ4n) is 3.47. The lowest BCUT2D eigenvalue weighted by molar-refractivity contribution is -0.113. The molecule has 1 fully saturated rings. The number of aromatic nitrogens is 2. The number of amides is 1. The van der Waals surface area contributed by atoms with E-state index in [2.05, 4.69) is 44.7 Å². The van der Waals surface area contributed by atoms with E-state index in [1.54, 1.807) is 18.2 Å². The number of hydrogen-bond donors (Lipinski definition) is 1. The molecule has 1 amide bonds. The maximum absolute atomic E-state index is 12.2. The van der Waals surface area contributed by atoms with Crippen molar-refractivity contribution in [1.82, 2.24) is 10.2 Å². The van der Waals surface area contributed by atoms with Gasteiger partial charge in [-0.25, -0.2) is 0 Å². The number of piperidine rings is 1. The lowest BCUT2D eigenvalue weighted by Crippen LogP contribution is -2.29. The van der Waals surface area contributed by atoms with Crippen molar-refractivity contribution in [3.05, 3.63) is 64.6 Å². The molecule has 0 atom stereocenters. The first kappa shape index (κ1) is 21.9. The Kier molecular flexibility index (Phi) is 7.33. The zero-order chi connectivity index (χ0) is 21.6. The Morgan fingerprint density at radius 2 is 1.74 bits per heavy atom. The standard InChI is InChI=1S/C23H22Cl2N4OS/c24-18-5-4-6-20(23(18)25)26-21(30)15-31-22-12-11-19(27-28-22)16-7-9-17(10-8-16)29-13-2-1-3-14-29/h4-12H,1-3,13-15H2,(H,26,30). The van der Waals surface area contributed by atoms with Crippen LogP contribution in [0.5, 0.6) is 0 Å². The Morgan fingerprint density at radius 1 is 0.968 bits per heavy atom. The van der Waals surface area contributed by atoms with Crippen LogP contribution in [0.3, 0.4) is 0 Å². The maximum Gasteiger partial charge on any atom is 0.234 e. The predicted molar refractivity (Wildman–Crippen MR) is 129 cm³/mol. The molecule has 5 nitrogen and oxygen atoms in total. The summed E-state index contributed by atoms with van der Waals surface area (Å²) >= 11 is 13.4. The van der Waals surface area contributed by atoms with Crippen LogP contribution in [0, 0.1) is 0 Å². The summed E-state index contributed by atoms with van der Waals surface area (Å²) in [4.78, 5) is 14.6. The Labute approximate surface area is 196 Å². The number of benzene rings is 2. The molecule has 0 radical (unpaired) electrons. The van der Waals surface area contributed by atoms with Crippen LogP contribution >= 0.6 is 35.0 Å². The normalized spacial score (nSPS) is 13.8. The summed E-state index contributed by atoms with van der Waals surface area (Å²) in [7, 11) is 0. The third-order valence-corrected chi connectivity index (χ3v) is 6.84. The maximum atomic E-state index is 12.2. The largest absolute Gasteiger partial charge is 0.372 e. The van der Waals surface area contributed by atoms with Crippen LogP contribution in [0.4, 0.5) is 11.4 Å². The Balaban J connectivity index is 1.32. The number of thioether (sulfide) groups is 1. The summed E-state index contributed by atoms with van der Waals surface area (Å²) in [5, 5.41) is 12.8. The average Bonchev–Trinajstić information content (AvgIpc) is 2.82. The Morgan fingerprint density at radius 3 is 2.45 bits per heavy atom. The minimum absolute atomic E-state index is 0.187. The quantitative estimate of drug-likeness (QED) is 0.434. The average molecular weight is 473 g/mol. The number of rotatable bonds is 6. The summed E-state index contributed by atoms with van der Waals surface area (Å²) < 4.78 is 0. The molecule has 0 spiro atoms. The zero-order valence-electron chi connectivity index (χ0n) is 16.9. The topological polar surface area (TPSA) is 58.1 Å². The van der Waals surface area contributed by atoms with Crippen LogP contribution in [-0.4, -0.2) is 34.9 Å².